The number of rotatable bonds is 6. The van der Waals surface area contributed by atoms with Crippen molar-refractivity contribution in [3.05, 3.63) is 28.3 Å². The molecule has 0 bridgehead atoms. The van der Waals surface area contributed by atoms with Crippen LogP contribution in [0, 0.1) is 12.8 Å². The maximum atomic E-state index is 12.2. The van der Waals surface area contributed by atoms with Gasteiger partial charge in [-0.25, -0.2) is 8.42 Å². The van der Waals surface area contributed by atoms with Gasteiger partial charge in [0.2, 0.25) is 0 Å². The zero-order chi connectivity index (χ0) is 16.2. The van der Waals surface area contributed by atoms with Gasteiger partial charge >= 0.3 is 0 Å². The van der Waals surface area contributed by atoms with E-state index in [2.05, 4.69) is 5.32 Å². The first-order chi connectivity index (χ1) is 9.66. The Morgan fingerprint density at radius 1 is 1.43 bits per heavy atom. The van der Waals surface area contributed by atoms with Gasteiger partial charge in [-0.1, -0.05) is 18.5 Å². The Hall–Kier alpha value is -0.820. The largest absolute Gasteiger partial charge is 0.384 e. The summed E-state index contributed by atoms with van der Waals surface area (Å²) in [5.41, 5.74) is 0.456. The zero-order valence-electron chi connectivity index (χ0n) is 11.9. The Kier molecular flexibility index (Phi) is 6.46. The quantitative estimate of drug-likeness (QED) is 0.797. The highest BCUT2D eigenvalue weighted by molar-refractivity contribution is 8.13. The van der Waals surface area contributed by atoms with E-state index in [-0.39, 0.29) is 27.0 Å². The maximum absolute atomic E-state index is 12.2. The van der Waals surface area contributed by atoms with E-state index in [1.165, 1.54) is 19.1 Å². The minimum atomic E-state index is -3.96. The van der Waals surface area contributed by atoms with E-state index in [9.17, 15) is 13.2 Å². The summed E-state index contributed by atoms with van der Waals surface area (Å²) in [6.45, 7) is 4.35. The average molecular weight is 354 g/mol. The molecule has 1 aromatic rings. The van der Waals surface area contributed by atoms with Crippen molar-refractivity contribution in [2.45, 2.75) is 18.7 Å². The molecule has 21 heavy (non-hydrogen) atoms. The van der Waals surface area contributed by atoms with Crippen LogP contribution in [0.15, 0.2) is 17.0 Å². The van der Waals surface area contributed by atoms with E-state index in [1.807, 2.05) is 6.92 Å². The van der Waals surface area contributed by atoms with Crippen LogP contribution >= 0.6 is 22.3 Å². The van der Waals surface area contributed by atoms with Gasteiger partial charge in [0.05, 0.1) is 11.5 Å². The van der Waals surface area contributed by atoms with Crippen molar-refractivity contribution in [2.75, 3.05) is 20.3 Å². The van der Waals surface area contributed by atoms with Crippen molar-refractivity contribution >= 4 is 37.2 Å². The van der Waals surface area contributed by atoms with Gasteiger partial charge < -0.3 is 10.1 Å². The van der Waals surface area contributed by atoms with Crippen molar-refractivity contribution in [3.63, 3.8) is 0 Å². The Labute approximate surface area is 134 Å². The second-order valence-electron chi connectivity index (χ2n) is 4.78. The number of ether oxygens (including phenoxy) is 1. The lowest BCUT2D eigenvalue weighted by molar-refractivity contribution is 0.0933. The molecule has 0 heterocycles. The number of carbonyl (C=O) groups is 1. The SMILES string of the molecule is COCC(C)CNC(=O)c1cc(Cl)cc(S(=O)(=O)Cl)c1C. The van der Waals surface area contributed by atoms with Gasteiger partial charge in [0, 0.05) is 34.9 Å². The van der Waals surface area contributed by atoms with Crippen molar-refractivity contribution < 1.29 is 17.9 Å². The van der Waals surface area contributed by atoms with Gasteiger partial charge in [0.15, 0.2) is 0 Å². The van der Waals surface area contributed by atoms with E-state index >= 15 is 0 Å². The number of halogens is 2. The Morgan fingerprint density at radius 2 is 2.05 bits per heavy atom. The molecule has 8 heteroatoms. The Morgan fingerprint density at radius 3 is 2.57 bits per heavy atom. The summed E-state index contributed by atoms with van der Waals surface area (Å²) in [6, 6.07) is 2.64. The van der Waals surface area contributed by atoms with Crippen LogP contribution in [0.1, 0.15) is 22.8 Å². The Bertz CT molecular complexity index is 631. The summed E-state index contributed by atoms with van der Waals surface area (Å²) in [4.78, 5) is 12.0. The lowest BCUT2D eigenvalue weighted by Gasteiger charge is -2.14. The normalized spacial score (nSPS) is 13.0. The molecule has 0 aromatic heterocycles. The van der Waals surface area contributed by atoms with E-state index in [4.69, 9.17) is 27.0 Å². The minimum absolute atomic E-state index is 0.134. The molecule has 1 rings (SSSR count). The van der Waals surface area contributed by atoms with Crippen molar-refractivity contribution in [1.29, 1.82) is 0 Å². The van der Waals surface area contributed by atoms with Crippen LogP contribution in [0.2, 0.25) is 5.02 Å². The standard InChI is InChI=1S/C13H17Cl2NO4S/c1-8(7-20-3)6-16-13(17)11-4-10(14)5-12(9(11)2)21(15,18)19/h4-5,8H,6-7H2,1-3H3,(H,16,17). The molecule has 0 saturated carbocycles. The summed E-state index contributed by atoms with van der Waals surface area (Å²) in [7, 11) is 2.96. The van der Waals surface area contributed by atoms with Gasteiger partial charge in [-0.05, 0) is 30.5 Å². The number of nitrogens with one attached hydrogen (secondary N) is 1. The highest BCUT2D eigenvalue weighted by atomic mass is 35.7. The first-order valence-electron chi connectivity index (χ1n) is 6.18. The molecule has 5 nitrogen and oxygen atoms in total. The van der Waals surface area contributed by atoms with Crippen LogP contribution in [0.5, 0.6) is 0 Å². The third kappa shape index (κ3) is 5.14. The molecule has 0 aliphatic rings. The third-order valence-corrected chi connectivity index (χ3v) is 4.56. The molecule has 0 radical (unpaired) electrons. The molecular formula is C13H17Cl2NO4S. The van der Waals surface area contributed by atoms with Crippen LogP contribution < -0.4 is 5.32 Å². The van der Waals surface area contributed by atoms with E-state index in [0.29, 0.717) is 13.2 Å². The number of hydrogen-bond donors (Lipinski definition) is 1. The number of carbonyl (C=O) groups excluding carboxylic acids is 1. The smallest absolute Gasteiger partial charge is 0.261 e. The molecule has 0 aliphatic carbocycles. The molecule has 118 valence electrons. The summed E-state index contributed by atoms with van der Waals surface area (Å²) >= 11 is 5.86. The summed E-state index contributed by atoms with van der Waals surface area (Å²) in [5.74, 6) is -0.269. The van der Waals surface area contributed by atoms with Gasteiger partial charge in [0.1, 0.15) is 0 Å². The number of hydrogen-bond acceptors (Lipinski definition) is 4. The summed E-state index contributed by atoms with van der Waals surface area (Å²) in [5, 5.41) is 2.85. The van der Waals surface area contributed by atoms with Crippen LogP contribution in [-0.4, -0.2) is 34.6 Å². The fraction of sp³-hybridized carbons (Fsp3) is 0.462. The van der Waals surface area contributed by atoms with Crippen LogP contribution in [0.25, 0.3) is 0 Å². The lowest BCUT2D eigenvalue weighted by atomic mass is 10.1. The highest BCUT2D eigenvalue weighted by Gasteiger charge is 2.20. The molecule has 0 spiro atoms. The van der Waals surface area contributed by atoms with Gasteiger partial charge in [-0.2, -0.15) is 0 Å². The van der Waals surface area contributed by atoms with Gasteiger partial charge in [0.25, 0.3) is 15.0 Å². The number of benzene rings is 1. The summed E-state index contributed by atoms with van der Waals surface area (Å²) < 4.78 is 28.0. The fourth-order valence-electron chi connectivity index (χ4n) is 1.85. The van der Waals surface area contributed by atoms with E-state index < -0.39 is 15.0 Å². The monoisotopic (exact) mass is 353 g/mol. The molecule has 1 unspecified atom stereocenters. The molecule has 1 aromatic carbocycles. The molecule has 0 saturated heterocycles. The van der Waals surface area contributed by atoms with E-state index in [1.54, 1.807) is 7.11 Å². The van der Waals surface area contributed by atoms with Crippen molar-refractivity contribution in [1.82, 2.24) is 5.32 Å². The van der Waals surface area contributed by atoms with E-state index in [0.717, 1.165) is 0 Å². The first kappa shape index (κ1) is 18.2. The molecule has 0 fully saturated rings. The zero-order valence-corrected chi connectivity index (χ0v) is 14.3. The molecule has 1 N–H and O–H groups in total. The summed E-state index contributed by atoms with van der Waals surface area (Å²) in [6.07, 6.45) is 0. The predicted molar refractivity (Wildman–Crippen MR) is 82.6 cm³/mol. The number of amides is 1. The average Bonchev–Trinajstić information content (AvgIpc) is 2.37. The van der Waals surface area contributed by atoms with Crippen LogP contribution in [0.4, 0.5) is 0 Å². The molecule has 0 aliphatic heterocycles. The van der Waals surface area contributed by atoms with Crippen molar-refractivity contribution in [3.8, 4) is 0 Å². The molecule has 1 atom stereocenters. The first-order valence-corrected chi connectivity index (χ1v) is 8.87. The van der Waals surface area contributed by atoms with Gasteiger partial charge in [-0.15, -0.1) is 0 Å². The Balaban J connectivity index is 3.03. The highest BCUT2D eigenvalue weighted by Crippen LogP contribution is 2.27. The predicted octanol–water partition coefficient (Wildman–Crippen LogP) is 2.59. The topological polar surface area (TPSA) is 72.5 Å². The van der Waals surface area contributed by atoms with Crippen LogP contribution in [-0.2, 0) is 13.8 Å². The maximum Gasteiger partial charge on any atom is 0.261 e. The third-order valence-electron chi connectivity index (χ3n) is 2.89. The second-order valence-corrected chi connectivity index (χ2v) is 7.76. The van der Waals surface area contributed by atoms with Crippen molar-refractivity contribution in [2.24, 2.45) is 5.92 Å². The molecular weight excluding hydrogens is 337 g/mol. The second kappa shape index (κ2) is 7.45. The number of methoxy groups -OCH3 is 1. The minimum Gasteiger partial charge on any atom is -0.384 e. The van der Waals surface area contributed by atoms with Crippen LogP contribution in [0.3, 0.4) is 0 Å². The van der Waals surface area contributed by atoms with Gasteiger partial charge in [-0.3, -0.25) is 4.79 Å². The molecule has 1 amide bonds. The lowest BCUT2D eigenvalue weighted by Crippen LogP contribution is -2.30. The fourth-order valence-corrected chi connectivity index (χ4v) is 3.36.